The quantitative estimate of drug-likeness (QED) is 0.492. The number of rotatable bonds is 4. The van der Waals surface area contributed by atoms with Gasteiger partial charge in [-0.05, 0) is 0 Å². The lowest BCUT2D eigenvalue weighted by Gasteiger charge is -2.33. The van der Waals surface area contributed by atoms with Crippen molar-refractivity contribution >= 4 is 0 Å². The number of hydrogen-bond donors (Lipinski definition) is 0. The molecule has 0 amide bonds. The van der Waals surface area contributed by atoms with E-state index in [4.69, 9.17) is 4.89 Å². The summed E-state index contributed by atoms with van der Waals surface area (Å²) >= 11 is 0. The summed E-state index contributed by atoms with van der Waals surface area (Å²) in [7, 11) is 0. The lowest BCUT2D eigenvalue weighted by Crippen LogP contribution is -2.36. The van der Waals surface area contributed by atoms with Crippen LogP contribution in [-0.4, -0.2) is 12.7 Å². The largest absolute Gasteiger partial charge is 0.206 e. The van der Waals surface area contributed by atoms with Gasteiger partial charge in [-0.1, -0.05) is 23.3 Å². The second-order valence-corrected chi connectivity index (χ2v) is 2.88. The summed E-state index contributed by atoms with van der Waals surface area (Å²) in [5.41, 5.74) is -0.441. The van der Waals surface area contributed by atoms with E-state index in [1.165, 1.54) is 0 Å². The minimum atomic E-state index is -0.441. The highest BCUT2D eigenvalue weighted by Gasteiger charge is 2.34. The van der Waals surface area contributed by atoms with Gasteiger partial charge in [0, 0.05) is 6.42 Å². The van der Waals surface area contributed by atoms with Crippen molar-refractivity contribution in [1.29, 1.82) is 0 Å². The first-order valence-electron chi connectivity index (χ1n) is 4.15. The Labute approximate surface area is 78.1 Å². The molecule has 0 N–H and O–H groups in total. The van der Waals surface area contributed by atoms with E-state index in [1.807, 2.05) is 0 Å². The smallest absolute Gasteiger partial charge is 0.114 e. The highest BCUT2D eigenvalue weighted by Crippen LogP contribution is 2.32. The molecule has 1 aliphatic heterocycles. The molecule has 0 aromatic carbocycles. The van der Waals surface area contributed by atoms with Crippen LogP contribution in [0.3, 0.4) is 0 Å². The van der Waals surface area contributed by atoms with Crippen molar-refractivity contribution in [2.45, 2.75) is 12.5 Å². The molecule has 0 spiro atoms. The van der Waals surface area contributed by atoms with Crippen LogP contribution in [0.2, 0.25) is 0 Å². The molecule has 0 aliphatic carbocycles. The van der Waals surface area contributed by atoms with Gasteiger partial charge in [0.25, 0.3) is 0 Å². The molecule has 13 heavy (non-hydrogen) atoms. The van der Waals surface area contributed by atoms with E-state index >= 15 is 0 Å². The molecule has 3 nitrogen and oxygen atoms in total. The summed E-state index contributed by atoms with van der Waals surface area (Å²) < 4.78 is 0. The minimum absolute atomic E-state index is 0.159. The summed E-state index contributed by atoms with van der Waals surface area (Å²) in [6.45, 7) is 11.7. The van der Waals surface area contributed by atoms with Gasteiger partial charge in [-0.15, -0.1) is 19.7 Å². The normalized spacial score (nSPS) is 23.5. The summed E-state index contributed by atoms with van der Waals surface area (Å²) in [5, 5.41) is 4.45. The van der Waals surface area contributed by atoms with Crippen molar-refractivity contribution < 1.29 is 14.8 Å². The fourth-order valence-electron chi connectivity index (χ4n) is 1.29. The SMILES string of the molecule is C=CC(C=C)(C=C)C1CCOOO1. The summed E-state index contributed by atoms with van der Waals surface area (Å²) in [6.07, 6.45) is 5.79. The molecule has 0 aromatic rings. The van der Waals surface area contributed by atoms with Crippen molar-refractivity contribution in [3.8, 4) is 0 Å². The van der Waals surface area contributed by atoms with Crippen molar-refractivity contribution in [1.82, 2.24) is 0 Å². The fraction of sp³-hybridized carbons (Fsp3) is 0.400. The standard InChI is InChI=1S/C10H14O3/c1-4-10(5-2,6-3)9-7-8-11-13-12-9/h4-6,9H,1-3,7-8H2. The van der Waals surface area contributed by atoms with E-state index in [1.54, 1.807) is 18.2 Å². The van der Waals surface area contributed by atoms with Crippen LogP contribution in [-0.2, 0) is 14.8 Å². The predicted molar refractivity (Wildman–Crippen MR) is 49.6 cm³/mol. The maximum absolute atomic E-state index is 4.98. The Morgan fingerprint density at radius 2 is 1.77 bits per heavy atom. The highest BCUT2D eigenvalue weighted by molar-refractivity contribution is 5.19. The van der Waals surface area contributed by atoms with E-state index in [0.29, 0.717) is 6.61 Å². The van der Waals surface area contributed by atoms with Crippen molar-refractivity contribution in [2.24, 2.45) is 5.41 Å². The molecule has 1 aliphatic rings. The van der Waals surface area contributed by atoms with Crippen LogP contribution in [0.4, 0.5) is 0 Å². The fourth-order valence-corrected chi connectivity index (χ4v) is 1.29. The van der Waals surface area contributed by atoms with Crippen LogP contribution in [0.1, 0.15) is 6.42 Å². The summed E-state index contributed by atoms with van der Waals surface area (Å²) in [4.78, 5) is 9.58. The van der Waals surface area contributed by atoms with Gasteiger partial charge in [-0.3, -0.25) is 0 Å². The third kappa shape index (κ3) is 1.88. The molecule has 1 rings (SSSR count). The molecule has 1 atom stereocenters. The molecule has 1 heterocycles. The Kier molecular flexibility index (Phi) is 3.42. The maximum Gasteiger partial charge on any atom is 0.114 e. The van der Waals surface area contributed by atoms with Crippen LogP contribution in [0.15, 0.2) is 38.0 Å². The monoisotopic (exact) mass is 182 g/mol. The van der Waals surface area contributed by atoms with Crippen LogP contribution >= 0.6 is 0 Å². The Morgan fingerprint density at radius 1 is 1.15 bits per heavy atom. The Morgan fingerprint density at radius 3 is 2.15 bits per heavy atom. The molecule has 0 bridgehead atoms. The number of hydrogen-bond acceptors (Lipinski definition) is 3. The molecule has 72 valence electrons. The Bertz CT molecular complexity index is 182. The van der Waals surface area contributed by atoms with Gasteiger partial charge < -0.3 is 0 Å². The second-order valence-electron chi connectivity index (χ2n) is 2.88. The van der Waals surface area contributed by atoms with Gasteiger partial charge in [-0.25, -0.2) is 9.78 Å². The van der Waals surface area contributed by atoms with E-state index in [2.05, 4.69) is 29.7 Å². The van der Waals surface area contributed by atoms with Crippen LogP contribution in [0, 0.1) is 5.41 Å². The Hall–Kier alpha value is -0.900. The first kappa shape index (κ1) is 10.2. The Balaban J connectivity index is 2.77. The molecule has 1 fully saturated rings. The zero-order chi connectivity index (χ0) is 9.73. The van der Waals surface area contributed by atoms with Gasteiger partial charge in [0.15, 0.2) is 0 Å². The third-order valence-corrected chi connectivity index (χ3v) is 2.29. The molecule has 1 saturated heterocycles. The van der Waals surface area contributed by atoms with Gasteiger partial charge in [-0.2, -0.15) is 0 Å². The topological polar surface area (TPSA) is 27.7 Å². The van der Waals surface area contributed by atoms with E-state index < -0.39 is 5.41 Å². The lowest BCUT2D eigenvalue weighted by atomic mass is 9.81. The van der Waals surface area contributed by atoms with Crippen LogP contribution < -0.4 is 0 Å². The zero-order valence-electron chi connectivity index (χ0n) is 7.57. The molecule has 0 aromatic heterocycles. The second kappa shape index (κ2) is 4.37. The predicted octanol–water partition coefficient (Wildman–Crippen LogP) is 2.18. The van der Waals surface area contributed by atoms with Gasteiger partial charge in [0.05, 0.1) is 12.0 Å². The molecule has 3 heteroatoms. The first-order valence-corrected chi connectivity index (χ1v) is 4.15. The lowest BCUT2D eigenvalue weighted by molar-refractivity contribution is -0.553. The van der Waals surface area contributed by atoms with Gasteiger partial charge in [0.2, 0.25) is 0 Å². The molecular formula is C10H14O3. The van der Waals surface area contributed by atoms with Crippen molar-refractivity contribution in [3.05, 3.63) is 38.0 Å². The van der Waals surface area contributed by atoms with E-state index in [-0.39, 0.29) is 6.10 Å². The average molecular weight is 182 g/mol. The zero-order valence-corrected chi connectivity index (χ0v) is 7.57. The average Bonchev–Trinajstić information content (AvgIpc) is 2.23. The van der Waals surface area contributed by atoms with Crippen LogP contribution in [0.25, 0.3) is 0 Å². The van der Waals surface area contributed by atoms with Crippen molar-refractivity contribution in [3.63, 3.8) is 0 Å². The first-order chi connectivity index (χ1) is 6.29. The van der Waals surface area contributed by atoms with Crippen LogP contribution in [0.5, 0.6) is 0 Å². The van der Waals surface area contributed by atoms with Crippen molar-refractivity contribution in [2.75, 3.05) is 6.61 Å². The van der Waals surface area contributed by atoms with E-state index in [9.17, 15) is 0 Å². The third-order valence-electron chi connectivity index (χ3n) is 2.29. The van der Waals surface area contributed by atoms with Gasteiger partial charge in [0.1, 0.15) is 6.10 Å². The maximum atomic E-state index is 4.98. The molecule has 1 unspecified atom stereocenters. The van der Waals surface area contributed by atoms with E-state index in [0.717, 1.165) is 6.42 Å². The van der Waals surface area contributed by atoms with Gasteiger partial charge >= 0.3 is 0 Å². The summed E-state index contributed by atoms with van der Waals surface area (Å²) in [5.74, 6) is 0. The summed E-state index contributed by atoms with van der Waals surface area (Å²) in [6, 6.07) is 0. The highest BCUT2D eigenvalue weighted by atomic mass is 17.5. The minimum Gasteiger partial charge on any atom is -0.206 e. The molecule has 0 radical (unpaired) electrons. The molecule has 0 saturated carbocycles. The molecular weight excluding hydrogens is 168 g/mol.